The lowest BCUT2D eigenvalue weighted by Crippen LogP contribution is -3.00. The molecule has 0 rings (SSSR count). The molecular weight excluding hydrogens is 330 g/mol. The zero-order valence-corrected chi connectivity index (χ0v) is 14.4. The zero-order valence-electron chi connectivity index (χ0n) is 11.3. The SMILES string of the molecule is CCCCCCCC[N+](C)(C)CCCBr.[Br-]. The van der Waals surface area contributed by atoms with Crippen molar-refractivity contribution in [1.82, 2.24) is 0 Å². The van der Waals surface area contributed by atoms with Crippen molar-refractivity contribution in [3.05, 3.63) is 0 Å². The molecule has 0 aliphatic heterocycles. The molecule has 0 saturated heterocycles. The smallest absolute Gasteiger partial charge is 0.0790 e. The van der Waals surface area contributed by atoms with Crippen LogP contribution in [0.25, 0.3) is 0 Å². The Morgan fingerprint density at radius 2 is 1.31 bits per heavy atom. The highest BCUT2D eigenvalue weighted by atomic mass is 79.9. The van der Waals surface area contributed by atoms with Gasteiger partial charge in [0.15, 0.2) is 0 Å². The van der Waals surface area contributed by atoms with E-state index in [1.165, 1.54) is 62.5 Å². The second kappa shape index (κ2) is 12.4. The summed E-state index contributed by atoms with van der Waals surface area (Å²) in [6.07, 6.45) is 9.77. The molecule has 16 heavy (non-hydrogen) atoms. The number of unbranched alkanes of at least 4 members (excludes halogenated alkanes) is 5. The second-order valence-electron chi connectivity index (χ2n) is 5.19. The normalized spacial score (nSPS) is 11.2. The van der Waals surface area contributed by atoms with Gasteiger partial charge in [-0.15, -0.1) is 0 Å². The maximum atomic E-state index is 3.50. The van der Waals surface area contributed by atoms with E-state index >= 15 is 0 Å². The Morgan fingerprint density at radius 1 is 0.812 bits per heavy atom. The van der Waals surface area contributed by atoms with Crippen molar-refractivity contribution in [3.63, 3.8) is 0 Å². The van der Waals surface area contributed by atoms with Crippen molar-refractivity contribution in [3.8, 4) is 0 Å². The van der Waals surface area contributed by atoms with Gasteiger partial charge in [-0.25, -0.2) is 0 Å². The highest BCUT2D eigenvalue weighted by Gasteiger charge is 2.12. The van der Waals surface area contributed by atoms with Gasteiger partial charge in [0.05, 0.1) is 27.2 Å². The van der Waals surface area contributed by atoms with Gasteiger partial charge in [0.2, 0.25) is 0 Å². The van der Waals surface area contributed by atoms with Crippen molar-refractivity contribution in [2.45, 2.75) is 51.9 Å². The molecule has 0 radical (unpaired) electrons. The van der Waals surface area contributed by atoms with Crippen LogP contribution in [0.3, 0.4) is 0 Å². The van der Waals surface area contributed by atoms with Gasteiger partial charge in [-0.1, -0.05) is 48.5 Å². The Balaban J connectivity index is 0. The summed E-state index contributed by atoms with van der Waals surface area (Å²) < 4.78 is 1.19. The van der Waals surface area contributed by atoms with Crippen LogP contribution >= 0.6 is 15.9 Å². The van der Waals surface area contributed by atoms with E-state index in [2.05, 4.69) is 36.9 Å². The van der Waals surface area contributed by atoms with E-state index in [0.717, 1.165) is 5.33 Å². The molecule has 0 aromatic heterocycles. The van der Waals surface area contributed by atoms with Gasteiger partial charge < -0.3 is 21.5 Å². The summed E-state index contributed by atoms with van der Waals surface area (Å²) in [4.78, 5) is 0. The van der Waals surface area contributed by atoms with E-state index in [9.17, 15) is 0 Å². The second-order valence-corrected chi connectivity index (χ2v) is 5.99. The fourth-order valence-electron chi connectivity index (χ4n) is 1.92. The molecule has 1 nitrogen and oxygen atoms in total. The molecule has 0 spiro atoms. The van der Waals surface area contributed by atoms with Crippen molar-refractivity contribution in [1.29, 1.82) is 0 Å². The molecule has 0 amide bonds. The quantitative estimate of drug-likeness (QED) is 0.313. The average Bonchev–Trinajstić information content (AvgIpc) is 2.20. The van der Waals surface area contributed by atoms with Crippen LogP contribution in [0.5, 0.6) is 0 Å². The number of rotatable bonds is 10. The van der Waals surface area contributed by atoms with Crippen LogP contribution in [0.4, 0.5) is 0 Å². The minimum atomic E-state index is 0. The third kappa shape index (κ3) is 13.0. The van der Waals surface area contributed by atoms with Crippen LogP contribution in [0, 0.1) is 0 Å². The van der Waals surface area contributed by atoms with Crippen LogP contribution in [0.1, 0.15) is 51.9 Å². The van der Waals surface area contributed by atoms with E-state index in [1.54, 1.807) is 0 Å². The molecule has 0 aliphatic rings. The lowest BCUT2D eigenvalue weighted by atomic mass is 10.1. The molecule has 0 unspecified atom stereocenters. The summed E-state index contributed by atoms with van der Waals surface area (Å²) in [6.45, 7) is 4.93. The van der Waals surface area contributed by atoms with E-state index in [4.69, 9.17) is 0 Å². The number of alkyl halides is 1. The van der Waals surface area contributed by atoms with E-state index in [1.807, 2.05) is 0 Å². The molecule has 3 heteroatoms. The number of nitrogens with zero attached hydrogens (tertiary/aromatic N) is 1. The van der Waals surface area contributed by atoms with Crippen molar-refractivity contribution < 1.29 is 21.5 Å². The first-order valence-electron chi connectivity index (χ1n) is 6.50. The third-order valence-corrected chi connectivity index (χ3v) is 3.57. The minimum Gasteiger partial charge on any atom is -1.00 e. The minimum absolute atomic E-state index is 0. The molecule has 0 saturated carbocycles. The average molecular weight is 359 g/mol. The Labute approximate surface area is 121 Å². The van der Waals surface area contributed by atoms with Crippen LogP contribution in [-0.2, 0) is 0 Å². The number of hydrogen-bond acceptors (Lipinski definition) is 0. The summed E-state index contributed by atoms with van der Waals surface area (Å²) in [5.41, 5.74) is 0. The van der Waals surface area contributed by atoms with Crippen LogP contribution < -0.4 is 17.0 Å². The zero-order chi connectivity index (χ0) is 11.6. The number of quaternary nitrogens is 1. The third-order valence-electron chi connectivity index (χ3n) is 3.01. The summed E-state index contributed by atoms with van der Waals surface area (Å²) >= 11 is 3.50. The van der Waals surface area contributed by atoms with Gasteiger partial charge in [-0.3, -0.25) is 0 Å². The predicted molar refractivity (Wildman–Crippen MR) is 73.6 cm³/mol. The maximum Gasteiger partial charge on any atom is 0.0790 e. The van der Waals surface area contributed by atoms with Gasteiger partial charge in [-0.2, -0.15) is 0 Å². The summed E-state index contributed by atoms with van der Waals surface area (Å²) in [6, 6.07) is 0. The molecule has 0 bridgehead atoms. The highest BCUT2D eigenvalue weighted by Crippen LogP contribution is 2.09. The van der Waals surface area contributed by atoms with E-state index in [0.29, 0.717) is 0 Å². The highest BCUT2D eigenvalue weighted by molar-refractivity contribution is 9.09. The molecular formula is C13H29Br2N. The lowest BCUT2D eigenvalue weighted by Gasteiger charge is -2.29. The van der Waals surface area contributed by atoms with Gasteiger partial charge in [-0.05, 0) is 12.8 Å². The van der Waals surface area contributed by atoms with E-state index in [-0.39, 0.29) is 17.0 Å². The summed E-state index contributed by atoms with van der Waals surface area (Å²) in [7, 11) is 4.71. The molecule has 0 aromatic rings. The Hall–Kier alpha value is 0.920. The molecule has 0 fully saturated rings. The topological polar surface area (TPSA) is 0 Å². The first-order valence-corrected chi connectivity index (χ1v) is 7.62. The summed E-state index contributed by atoms with van der Waals surface area (Å²) in [5.74, 6) is 0. The van der Waals surface area contributed by atoms with Gasteiger partial charge in [0.1, 0.15) is 0 Å². The molecule has 0 atom stereocenters. The monoisotopic (exact) mass is 357 g/mol. The van der Waals surface area contributed by atoms with Gasteiger partial charge >= 0.3 is 0 Å². The van der Waals surface area contributed by atoms with Gasteiger partial charge in [0, 0.05) is 11.8 Å². The first kappa shape index (κ1) is 19.3. The Bertz CT molecular complexity index is 138. The first-order chi connectivity index (χ1) is 7.12. The van der Waals surface area contributed by atoms with Crippen LogP contribution in [-0.4, -0.2) is 37.0 Å². The number of halogens is 2. The Kier molecular flexibility index (Phi) is 14.9. The van der Waals surface area contributed by atoms with Crippen molar-refractivity contribution in [2.75, 3.05) is 32.5 Å². The number of hydrogen-bond donors (Lipinski definition) is 0. The van der Waals surface area contributed by atoms with E-state index < -0.39 is 0 Å². The fraction of sp³-hybridized carbons (Fsp3) is 1.00. The predicted octanol–water partition coefficient (Wildman–Crippen LogP) is 1.21. The molecule has 0 aliphatic carbocycles. The molecule has 0 aromatic carbocycles. The molecule has 100 valence electrons. The van der Waals surface area contributed by atoms with Gasteiger partial charge in [0.25, 0.3) is 0 Å². The van der Waals surface area contributed by atoms with Crippen LogP contribution in [0.2, 0.25) is 0 Å². The van der Waals surface area contributed by atoms with Crippen LogP contribution in [0.15, 0.2) is 0 Å². The molecule has 0 N–H and O–H groups in total. The summed E-state index contributed by atoms with van der Waals surface area (Å²) in [5, 5.41) is 1.14. The van der Waals surface area contributed by atoms with Crippen molar-refractivity contribution >= 4 is 15.9 Å². The standard InChI is InChI=1S/C13H29BrN.BrH/c1-4-5-6-7-8-9-12-15(2,3)13-10-11-14;/h4-13H2,1-3H3;1H/q+1;/p-1. The largest absolute Gasteiger partial charge is 1.00 e. The van der Waals surface area contributed by atoms with Crippen molar-refractivity contribution in [2.24, 2.45) is 0 Å². The maximum absolute atomic E-state index is 3.50. The fourth-order valence-corrected chi connectivity index (χ4v) is 2.17. The lowest BCUT2D eigenvalue weighted by molar-refractivity contribution is -0.890. The Morgan fingerprint density at radius 3 is 1.88 bits per heavy atom. The molecule has 0 heterocycles.